The number of amides is 2. The van der Waals surface area contributed by atoms with E-state index in [0.29, 0.717) is 15.6 Å². The molecule has 1 fully saturated rings. The highest BCUT2D eigenvalue weighted by atomic mass is 32.1. The number of nitrogens with zero attached hydrogens (tertiary/aromatic N) is 2. The highest BCUT2D eigenvalue weighted by molar-refractivity contribution is 7.18. The third-order valence-electron chi connectivity index (χ3n) is 4.73. The van der Waals surface area contributed by atoms with Crippen LogP contribution < -0.4 is 15.5 Å². The van der Waals surface area contributed by atoms with Crippen LogP contribution in [0.2, 0.25) is 0 Å². The number of aryl methyl sites for hydroxylation is 1. The monoisotopic (exact) mass is 400 g/mol. The highest BCUT2D eigenvalue weighted by Crippen LogP contribution is 2.29. The summed E-state index contributed by atoms with van der Waals surface area (Å²) < 4.78 is 0. The Kier molecular flexibility index (Phi) is 6.03. The largest absolute Gasteiger partial charge is 0.357 e. The summed E-state index contributed by atoms with van der Waals surface area (Å²) in [5.74, 6) is 0.696. The molecule has 150 valence electrons. The maximum absolute atomic E-state index is 12.7. The third kappa shape index (κ3) is 4.90. The summed E-state index contributed by atoms with van der Waals surface area (Å²) in [6, 6.07) is 5.68. The summed E-state index contributed by atoms with van der Waals surface area (Å²) >= 11 is 1.28. The second kappa shape index (κ2) is 8.31. The molecule has 7 heteroatoms. The number of nitrogens with one attached hydrogen (secondary N) is 2. The lowest BCUT2D eigenvalue weighted by Gasteiger charge is -2.27. The second-order valence-corrected chi connectivity index (χ2v) is 9.29. The number of hydrogen-bond donors (Lipinski definition) is 2. The van der Waals surface area contributed by atoms with Crippen molar-refractivity contribution in [2.75, 3.05) is 28.6 Å². The molecule has 2 amide bonds. The van der Waals surface area contributed by atoms with Crippen molar-refractivity contribution in [2.45, 2.75) is 47.0 Å². The predicted molar refractivity (Wildman–Crippen MR) is 115 cm³/mol. The molecule has 1 aliphatic heterocycles. The van der Waals surface area contributed by atoms with Crippen LogP contribution >= 0.6 is 11.3 Å². The molecule has 0 bridgehead atoms. The van der Waals surface area contributed by atoms with Gasteiger partial charge in [-0.1, -0.05) is 20.8 Å². The van der Waals surface area contributed by atoms with Crippen LogP contribution in [0.3, 0.4) is 0 Å². The topological polar surface area (TPSA) is 74.3 Å². The van der Waals surface area contributed by atoms with E-state index < -0.39 is 5.41 Å². The Morgan fingerprint density at radius 1 is 1.11 bits per heavy atom. The summed E-state index contributed by atoms with van der Waals surface area (Å²) in [5, 5.41) is 6.47. The van der Waals surface area contributed by atoms with E-state index in [1.807, 2.05) is 45.9 Å². The molecule has 0 aromatic carbocycles. The molecule has 2 aromatic rings. The normalized spacial score (nSPS) is 14.6. The average molecular weight is 401 g/mol. The lowest BCUT2D eigenvalue weighted by molar-refractivity contribution is -0.123. The molecule has 2 aromatic heterocycles. The van der Waals surface area contributed by atoms with Crippen LogP contribution in [0, 0.1) is 12.3 Å². The van der Waals surface area contributed by atoms with E-state index in [0.717, 1.165) is 24.5 Å². The molecular weight excluding hydrogens is 372 g/mol. The zero-order chi connectivity index (χ0) is 20.3. The lowest BCUT2D eigenvalue weighted by Crippen LogP contribution is -2.30. The number of carbonyl (C=O) groups is 2. The highest BCUT2D eigenvalue weighted by Gasteiger charge is 2.23. The third-order valence-corrected chi connectivity index (χ3v) is 5.88. The number of rotatable bonds is 4. The van der Waals surface area contributed by atoms with Gasteiger partial charge < -0.3 is 15.5 Å². The first-order valence-corrected chi connectivity index (χ1v) is 10.5. The molecule has 0 unspecified atom stereocenters. The van der Waals surface area contributed by atoms with Crippen LogP contribution in [-0.2, 0) is 4.79 Å². The fourth-order valence-corrected chi connectivity index (χ4v) is 3.99. The summed E-state index contributed by atoms with van der Waals surface area (Å²) in [7, 11) is 0. The van der Waals surface area contributed by atoms with Crippen LogP contribution in [-0.4, -0.2) is 29.9 Å². The van der Waals surface area contributed by atoms with E-state index in [-0.39, 0.29) is 11.8 Å². The van der Waals surface area contributed by atoms with Crippen molar-refractivity contribution in [3.8, 4) is 0 Å². The van der Waals surface area contributed by atoms with Crippen molar-refractivity contribution in [1.29, 1.82) is 0 Å². The van der Waals surface area contributed by atoms with Crippen LogP contribution in [0.5, 0.6) is 0 Å². The Bertz CT molecular complexity index is 846. The Hall–Kier alpha value is -2.41. The SMILES string of the molecule is Cc1cc(NC(=O)C(C)(C)C)sc1C(=O)Nc1ccc(N2CCCCC2)nc1. The molecule has 1 saturated heterocycles. The Morgan fingerprint density at radius 2 is 1.82 bits per heavy atom. The van der Waals surface area contributed by atoms with Gasteiger partial charge in [0.05, 0.1) is 21.8 Å². The van der Waals surface area contributed by atoms with Crippen molar-refractivity contribution >= 4 is 39.7 Å². The number of anilines is 3. The van der Waals surface area contributed by atoms with Gasteiger partial charge in [-0.2, -0.15) is 0 Å². The zero-order valence-electron chi connectivity index (χ0n) is 17.0. The maximum atomic E-state index is 12.7. The summed E-state index contributed by atoms with van der Waals surface area (Å²) in [5.41, 5.74) is 1.02. The quantitative estimate of drug-likeness (QED) is 0.781. The van der Waals surface area contributed by atoms with E-state index in [4.69, 9.17) is 0 Å². The second-order valence-electron chi connectivity index (χ2n) is 8.23. The fourth-order valence-electron chi connectivity index (χ4n) is 3.03. The summed E-state index contributed by atoms with van der Waals surface area (Å²) in [6.45, 7) is 9.52. The van der Waals surface area contributed by atoms with Gasteiger partial charge in [-0.3, -0.25) is 9.59 Å². The molecular formula is C21H28N4O2S. The van der Waals surface area contributed by atoms with Gasteiger partial charge in [0, 0.05) is 18.5 Å². The van der Waals surface area contributed by atoms with Gasteiger partial charge in [0.1, 0.15) is 5.82 Å². The van der Waals surface area contributed by atoms with Gasteiger partial charge in [-0.15, -0.1) is 11.3 Å². The smallest absolute Gasteiger partial charge is 0.266 e. The van der Waals surface area contributed by atoms with Gasteiger partial charge >= 0.3 is 0 Å². The number of hydrogen-bond acceptors (Lipinski definition) is 5. The standard InChI is InChI=1S/C21H28N4O2S/c1-14-12-17(24-20(27)21(2,3)4)28-18(14)19(26)23-15-8-9-16(22-13-15)25-10-6-5-7-11-25/h8-9,12-13H,5-7,10-11H2,1-4H3,(H,23,26)(H,24,27). The Balaban J connectivity index is 1.65. The van der Waals surface area contributed by atoms with Crippen LogP contribution in [0.1, 0.15) is 55.3 Å². The van der Waals surface area contributed by atoms with Crippen molar-refractivity contribution in [3.05, 3.63) is 34.8 Å². The van der Waals surface area contributed by atoms with Crippen LogP contribution in [0.4, 0.5) is 16.5 Å². The van der Waals surface area contributed by atoms with Crippen molar-refractivity contribution in [1.82, 2.24) is 4.98 Å². The number of aromatic nitrogens is 1. The first kappa shape index (κ1) is 20.3. The van der Waals surface area contributed by atoms with Gasteiger partial charge in [0.2, 0.25) is 5.91 Å². The van der Waals surface area contributed by atoms with Gasteiger partial charge in [0.15, 0.2) is 0 Å². The van der Waals surface area contributed by atoms with Gasteiger partial charge in [-0.25, -0.2) is 4.98 Å². The van der Waals surface area contributed by atoms with Gasteiger partial charge in [0.25, 0.3) is 5.91 Å². The first-order chi connectivity index (χ1) is 13.2. The van der Waals surface area contributed by atoms with Crippen LogP contribution in [0.15, 0.2) is 24.4 Å². The van der Waals surface area contributed by atoms with Crippen molar-refractivity contribution in [2.24, 2.45) is 5.41 Å². The average Bonchev–Trinajstić information content (AvgIpc) is 3.02. The van der Waals surface area contributed by atoms with Crippen molar-refractivity contribution < 1.29 is 9.59 Å². The molecule has 0 radical (unpaired) electrons. The molecule has 28 heavy (non-hydrogen) atoms. The number of pyridine rings is 1. The van der Waals surface area contributed by atoms with Gasteiger partial charge in [-0.05, 0) is 49.9 Å². The molecule has 0 spiro atoms. The predicted octanol–water partition coefficient (Wildman–Crippen LogP) is 4.68. The molecule has 3 heterocycles. The molecule has 2 N–H and O–H groups in total. The van der Waals surface area contributed by atoms with E-state index in [2.05, 4.69) is 20.5 Å². The number of carbonyl (C=O) groups excluding carboxylic acids is 2. The van der Waals surface area contributed by atoms with E-state index >= 15 is 0 Å². The first-order valence-electron chi connectivity index (χ1n) is 9.68. The molecule has 0 saturated carbocycles. The lowest BCUT2D eigenvalue weighted by atomic mass is 9.96. The number of piperidine rings is 1. The molecule has 6 nitrogen and oxygen atoms in total. The van der Waals surface area contributed by atoms with E-state index in [1.54, 1.807) is 6.20 Å². The molecule has 3 rings (SSSR count). The summed E-state index contributed by atoms with van der Waals surface area (Å²) in [4.78, 5) is 32.2. The molecule has 0 aliphatic carbocycles. The Labute approximate surface area is 170 Å². The minimum absolute atomic E-state index is 0.0711. The number of thiophene rings is 1. The minimum Gasteiger partial charge on any atom is -0.357 e. The maximum Gasteiger partial charge on any atom is 0.266 e. The van der Waals surface area contributed by atoms with Crippen molar-refractivity contribution in [3.63, 3.8) is 0 Å². The minimum atomic E-state index is -0.484. The zero-order valence-corrected chi connectivity index (χ0v) is 17.8. The van der Waals surface area contributed by atoms with E-state index in [1.165, 1.54) is 30.6 Å². The molecule has 1 aliphatic rings. The molecule has 0 atom stereocenters. The fraction of sp³-hybridized carbons (Fsp3) is 0.476. The Morgan fingerprint density at radius 3 is 2.43 bits per heavy atom. The van der Waals surface area contributed by atoms with E-state index in [9.17, 15) is 9.59 Å². The van der Waals surface area contributed by atoms with Crippen LogP contribution in [0.25, 0.3) is 0 Å². The summed E-state index contributed by atoms with van der Waals surface area (Å²) in [6.07, 6.45) is 5.38.